The molecule has 0 bridgehead atoms. The van der Waals surface area contributed by atoms with Crippen LogP contribution in [0.5, 0.6) is 0 Å². The van der Waals surface area contributed by atoms with E-state index < -0.39 is 0 Å². The highest BCUT2D eigenvalue weighted by Crippen LogP contribution is 2.26. The molecule has 0 saturated heterocycles. The Morgan fingerprint density at radius 1 is 1.39 bits per heavy atom. The molecule has 0 saturated carbocycles. The first-order valence-electron chi connectivity index (χ1n) is 8.11. The van der Waals surface area contributed by atoms with E-state index in [9.17, 15) is 4.79 Å². The van der Waals surface area contributed by atoms with Crippen molar-refractivity contribution in [3.63, 3.8) is 0 Å². The van der Waals surface area contributed by atoms with Gasteiger partial charge in [0.1, 0.15) is 0 Å². The first-order valence-corrected chi connectivity index (χ1v) is 8.93. The zero-order chi connectivity index (χ0) is 16.8. The smallest absolute Gasteiger partial charge is 0.228 e. The van der Waals surface area contributed by atoms with Gasteiger partial charge in [-0.2, -0.15) is 0 Å². The van der Waals surface area contributed by atoms with E-state index in [0.29, 0.717) is 6.42 Å². The predicted octanol–water partition coefficient (Wildman–Crippen LogP) is 4.09. The summed E-state index contributed by atoms with van der Waals surface area (Å²) >= 11 is 1.61. The molecule has 5 heteroatoms. The Bertz CT molecular complexity index is 639. The third-order valence-corrected chi connectivity index (χ3v) is 5.15. The Balaban J connectivity index is 2.14. The molecule has 124 valence electrons. The van der Waals surface area contributed by atoms with E-state index in [1.54, 1.807) is 17.5 Å². The summed E-state index contributed by atoms with van der Waals surface area (Å²) in [6.45, 7) is 6.13. The van der Waals surface area contributed by atoms with Crippen LogP contribution in [0.2, 0.25) is 0 Å². The van der Waals surface area contributed by atoms with Crippen LogP contribution in [0, 0.1) is 13.8 Å². The van der Waals surface area contributed by atoms with Crippen molar-refractivity contribution in [2.75, 3.05) is 7.05 Å². The molecule has 4 nitrogen and oxygen atoms in total. The lowest BCUT2D eigenvalue weighted by Crippen LogP contribution is -2.32. The zero-order valence-electron chi connectivity index (χ0n) is 14.4. The fourth-order valence-electron chi connectivity index (χ4n) is 2.73. The monoisotopic (exact) mass is 331 g/mol. The van der Waals surface area contributed by atoms with Gasteiger partial charge in [0.2, 0.25) is 5.91 Å². The maximum Gasteiger partial charge on any atom is 0.228 e. The molecule has 23 heavy (non-hydrogen) atoms. The average Bonchev–Trinajstić information content (AvgIpc) is 2.86. The third kappa shape index (κ3) is 4.61. The van der Waals surface area contributed by atoms with Crippen LogP contribution in [0.3, 0.4) is 0 Å². The minimum atomic E-state index is 0.0884. The Morgan fingerprint density at radius 2 is 2.17 bits per heavy atom. The van der Waals surface area contributed by atoms with Crippen LogP contribution in [0.4, 0.5) is 0 Å². The number of carbonyl (C=O) groups excluding carboxylic acids is 1. The molecule has 2 aromatic rings. The number of aryl methyl sites for hydroxylation is 2. The molecule has 0 aromatic carbocycles. The van der Waals surface area contributed by atoms with Gasteiger partial charge in [0.05, 0.1) is 23.2 Å². The second kappa shape index (κ2) is 8.20. The predicted molar refractivity (Wildman–Crippen MR) is 94.6 cm³/mol. The Hall–Kier alpha value is -1.75. The van der Waals surface area contributed by atoms with Crippen LogP contribution in [0.1, 0.15) is 53.4 Å². The largest absolute Gasteiger partial charge is 0.338 e. The van der Waals surface area contributed by atoms with Crippen molar-refractivity contribution in [2.45, 2.75) is 52.5 Å². The van der Waals surface area contributed by atoms with Gasteiger partial charge in [-0.15, -0.1) is 11.3 Å². The number of carbonyl (C=O) groups is 1. The van der Waals surface area contributed by atoms with Gasteiger partial charge in [0.25, 0.3) is 0 Å². The molecule has 0 unspecified atom stereocenters. The van der Waals surface area contributed by atoms with Crippen LogP contribution in [0.15, 0.2) is 24.5 Å². The van der Waals surface area contributed by atoms with Crippen LogP contribution >= 0.6 is 11.3 Å². The summed E-state index contributed by atoms with van der Waals surface area (Å²) in [4.78, 5) is 24.3. The van der Waals surface area contributed by atoms with E-state index in [4.69, 9.17) is 0 Å². The van der Waals surface area contributed by atoms with Crippen LogP contribution in [0.25, 0.3) is 0 Å². The summed E-state index contributed by atoms with van der Waals surface area (Å²) in [5, 5.41) is 1.02. The maximum atomic E-state index is 12.7. The number of unbranched alkanes of at least 4 members (excludes halogenated alkanes) is 1. The molecule has 2 aromatic heterocycles. The number of nitrogens with zero attached hydrogens (tertiary/aromatic N) is 3. The first kappa shape index (κ1) is 17.6. The fraction of sp³-hybridized carbons (Fsp3) is 0.500. The van der Waals surface area contributed by atoms with E-state index in [1.807, 2.05) is 38.1 Å². The number of hydrogen-bond acceptors (Lipinski definition) is 4. The van der Waals surface area contributed by atoms with Gasteiger partial charge < -0.3 is 4.90 Å². The molecule has 2 heterocycles. The number of aromatic nitrogens is 2. The van der Waals surface area contributed by atoms with Crippen molar-refractivity contribution < 1.29 is 4.79 Å². The summed E-state index contributed by atoms with van der Waals surface area (Å²) < 4.78 is 0. The molecule has 0 aliphatic heterocycles. The van der Waals surface area contributed by atoms with Crippen molar-refractivity contribution in [1.29, 1.82) is 0 Å². The Kier molecular flexibility index (Phi) is 6.28. The van der Waals surface area contributed by atoms with E-state index in [1.165, 1.54) is 0 Å². The third-order valence-electron chi connectivity index (χ3n) is 4.07. The number of hydrogen-bond donors (Lipinski definition) is 0. The van der Waals surface area contributed by atoms with E-state index in [2.05, 4.69) is 23.0 Å². The summed E-state index contributed by atoms with van der Waals surface area (Å²) in [5.74, 6) is 0.140. The van der Waals surface area contributed by atoms with E-state index in [-0.39, 0.29) is 11.9 Å². The minimum absolute atomic E-state index is 0.0884. The highest BCUT2D eigenvalue weighted by Gasteiger charge is 2.22. The maximum absolute atomic E-state index is 12.7. The van der Waals surface area contributed by atoms with Gasteiger partial charge in [-0.05, 0) is 31.9 Å². The number of pyridine rings is 1. The summed E-state index contributed by atoms with van der Waals surface area (Å²) in [6.07, 6.45) is 7.24. The second-order valence-corrected chi connectivity index (χ2v) is 7.16. The molecule has 0 spiro atoms. The van der Waals surface area contributed by atoms with Gasteiger partial charge in [-0.1, -0.05) is 25.8 Å². The molecule has 0 aliphatic rings. The van der Waals surface area contributed by atoms with Crippen molar-refractivity contribution in [1.82, 2.24) is 14.9 Å². The molecule has 0 radical (unpaired) electrons. The molecule has 2 rings (SSSR count). The lowest BCUT2D eigenvalue weighted by Gasteiger charge is -2.28. The van der Waals surface area contributed by atoms with Gasteiger partial charge in [0.15, 0.2) is 0 Å². The van der Waals surface area contributed by atoms with Gasteiger partial charge in [-0.25, -0.2) is 4.98 Å². The quantitative estimate of drug-likeness (QED) is 0.768. The molecule has 1 atom stereocenters. The van der Waals surface area contributed by atoms with Crippen molar-refractivity contribution in [2.24, 2.45) is 0 Å². The summed E-state index contributed by atoms with van der Waals surface area (Å²) in [7, 11) is 1.90. The number of rotatable bonds is 7. The molecule has 1 amide bonds. The van der Waals surface area contributed by atoms with E-state index in [0.717, 1.165) is 40.4 Å². The standard InChI is InChI=1S/C18H25N3OS/c1-5-6-9-16(15-8-7-10-19-12-15)21(4)18(22)11-17-13(2)20-14(3)23-17/h7-8,10,12,16H,5-6,9,11H2,1-4H3/t16-/m1/s1. The van der Waals surface area contributed by atoms with E-state index >= 15 is 0 Å². The second-order valence-electron chi connectivity index (χ2n) is 5.87. The number of thiazole rings is 1. The normalized spacial score (nSPS) is 12.2. The lowest BCUT2D eigenvalue weighted by atomic mass is 10.0. The molecule has 0 fully saturated rings. The molecule has 0 aliphatic carbocycles. The summed E-state index contributed by atoms with van der Waals surface area (Å²) in [5.41, 5.74) is 2.08. The van der Waals surface area contributed by atoms with Crippen molar-refractivity contribution in [3.05, 3.63) is 45.7 Å². The van der Waals surface area contributed by atoms with Crippen LogP contribution in [-0.4, -0.2) is 27.8 Å². The first-order chi connectivity index (χ1) is 11.0. The van der Waals surface area contributed by atoms with Gasteiger partial charge >= 0.3 is 0 Å². The Morgan fingerprint density at radius 3 is 2.74 bits per heavy atom. The zero-order valence-corrected chi connectivity index (χ0v) is 15.2. The van der Waals surface area contributed by atoms with Gasteiger partial charge in [-0.3, -0.25) is 9.78 Å². The number of likely N-dealkylation sites (N-methyl/N-ethyl adjacent to an activating group) is 1. The average molecular weight is 331 g/mol. The number of amides is 1. The van der Waals surface area contributed by atoms with Crippen LogP contribution < -0.4 is 0 Å². The topological polar surface area (TPSA) is 46.1 Å². The highest BCUT2D eigenvalue weighted by molar-refractivity contribution is 7.11. The molecular formula is C18H25N3OS. The SMILES string of the molecule is CCCC[C@H](c1cccnc1)N(C)C(=O)Cc1sc(C)nc1C. The van der Waals surface area contributed by atoms with Crippen molar-refractivity contribution >= 4 is 17.2 Å². The van der Waals surface area contributed by atoms with Gasteiger partial charge in [0, 0.05) is 24.3 Å². The molecular weight excluding hydrogens is 306 g/mol. The minimum Gasteiger partial charge on any atom is -0.338 e. The summed E-state index contributed by atoms with van der Waals surface area (Å²) in [6, 6.07) is 4.08. The van der Waals surface area contributed by atoms with Crippen molar-refractivity contribution in [3.8, 4) is 0 Å². The highest BCUT2D eigenvalue weighted by atomic mass is 32.1. The lowest BCUT2D eigenvalue weighted by molar-refractivity contribution is -0.131. The molecule has 0 N–H and O–H groups in total. The van der Waals surface area contributed by atoms with Crippen LogP contribution in [-0.2, 0) is 11.2 Å². The Labute approximate surface area is 142 Å². The fourth-order valence-corrected chi connectivity index (χ4v) is 3.66.